The van der Waals surface area contributed by atoms with Crippen molar-refractivity contribution in [2.45, 2.75) is 11.1 Å². The third-order valence-electron chi connectivity index (χ3n) is 1.85. The number of thioether (sulfide) groups is 1. The van der Waals surface area contributed by atoms with Crippen molar-refractivity contribution in [3.63, 3.8) is 0 Å². The molecule has 4 heteroatoms. The van der Waals surface area contributed by atoms with E-state index in [0.717, 1.165) is 16.3 Å². The standard InChI is InChI=1S/C10H10N2S2/c1-7-10(13-2)14-9(12-7)8-4-3-5-11-6-8/h3-6H,1-2H3. The van der Waals surface area contributed by atoms with Crippen LogP contribution in [-0.2, 0) is 0 Å². The molecule has 72 valence electrons. The molecule has 0 saturated heterocycles. The highest BCUT2D eigenvalue weighted by atomic mass is 32.2. The third-order valence-corrected chi connectivity index (χ3v) is 4.27. The highest BCUT2D eigenvalue weighted by Gasteiger charge is 2.07. The van der Waals surface area contributed by atoms with Gasteiger partial charge in [0.05, 0.1) is 9.90 Å². The minimum absolute atomic E-state index is 1.06. The van der Waals surface area contributed by atoms with Crippen LogP contribution in [0.5, 0.6) is 0 Å². The molecule has 0 bridgehead atoms. The molecule has 2 heterocycles. The second-order valence-electron chi connectivity index (χ2n) is 2.84. The van der Waals surface area contributed by atoms with Gasteiger partial charge in [-0.3, -0.25) is 4.98 Å². The Morgan fingerprint density at radius 2 is 2.29 bits per heavy atom. The van der Waals surface area contributed by atoms with Crippen LogP contribution >= 0.6 is 23.1 Å². The number of rotatable bonds is 2. The number of nitrogens with zero attached hydrogens (tertiary/aromatic N) is 2. The first-order valence-corrected chi connectivity index (χ1v) is 6.27. The molecule has 2 aromatic heterocycles. The minimum Gasteiger partial charge on any atom is -0.264 e. The summed E-state index contributed by atoms with van der Waals surface area (Å²) in [4.78, 5) is 8.60. The molecule has 0 amide bonds. The summed E-state index contributed by atoms with van der Waals surface area (Å²) in [5, 5.41) is 1.06. The molecule has 0 radical (unpaired) electrons. The van der Waals surface area contributed by atoms with E-state index in [2.05, 4.69) is 16.2 Å². The average molecular weight is 222 g/mol. The van der Waals surface area contributed by atoms with Crippen molar-refractivity contribution in [1.82, 2.24) is 9.97 Å². The van der Waals surface area contributed by atoms with Gasteiger partial charge in [-0.15, -0.1) is 23.1 Å². The first-order chi connectivity index (χ1) is 6.81. The highest BCUT2D eigenvalue weighted by molar-refractivity contribution is 8.00. The molecule has 0 aromatic carbocycles. The molecular formula is C10H10N2S2. The van der Waals surface area contributed by atoms with Gasteiger partial charge in [0.2, 0.25) is 0 Å². The predicted molar refractivity (Wildman–Crippen MR) is 61.9 cm³/mol. The fourth-order valence-electron chi connectivity index (χ4n) is 1.18. The van der Waals surface area contributed by atoms with Crippen molar-refractivity contribution in [2.24, 2.45) is 0 Å². The molecule has 0 aliphatic heterocycles. The fraction of sp³-hybridized carbons (Fsp3) is 0.200. The summed E-state index contributed by atoms with van der Waals surface area (Å²) in [5.41, 5.74) is 2.21. The van der Waals surface area contributed by atoms with Crippen LogP contribution < -0.4 is 0 Å². The molecule has 14 heavy (non-hydrogen) atoms. The lowest BCUT2D eigenvalue weighted by atomic mass is 10.3. The summed E-state index contributed by atoms with van der Waals surface area (Å²) in [6.07, 6.45) is 5.70. The Hall–Kier alpha value is -0.870. The summed E-state index contributed by atoms with van der Waals surface area (Å²) in [5.74, 6) is 0. The zero-order valence-electron chi connectivity index (χ0n) is 8.02. The van der Waals surface area contributed by atoms with Crippen LogP contribution in [0.1, 0.15) is 5.69 Å². The molecule has 0 N–H and O–H groups in total. The Bertz CT molecular complexity index is 423. The summed E-state index contributed by atoms with van der Waals surface area (Å²) in [6.45, 7) is 2.04. The quantitative estimate of drug-likeness (QED) is 0.730. The smallest absolute Gasteiger partial charge is 0.126 e. The minimum atomic E-state index is 1.06. The van der Waals surface area contributed by atoms with E-state index in [1.807, 2.05) is 25.3 Å². The maximum atomic E-state index is 4.51. The van der Waals surface area contributed by atoms with Gasteiger partial charge in [-0.05, 0) is 25.3 Å². The molecule has 0 saturated carbocycles. The zero-order chi connectivity index (χ0) is 9.97. The Morgan fingerprint density at radius 3 is 2.86 bits per heavy atom. The number of hydrogen-bond acceptors (Lipinski definition) is 4. The molecule has 0 atom stereocenters. The molecule has 0 spiro atoms. The molecule has 2 rings (SSSR count). The van der Waals surface area contributed by atoms with Crippen LogP contribution in [0.15, 0.2) is 28.7 Å². The van der Waals surface area contributed by atoms with Gasteiger partial charge in [-0.25, -0.2) is 4.98 Å². The van der Waals surface area contributed by atoms with Gasteiger partial charge in [0, 0.05) is 18.0 Å². The summed E-state index contributed by atoms with van der Waals surface area (Å²) in [7, 11) is 0. The molecule has 0 aliphatic rings. The van der Waals surface area contributed by atoms with Gasteiger partial charge in [0.1, 0.15) is 5.01 Å². The second-order valence-corrected chi connectivity index (χ2v) is 4.91. The Kier molecular flexibility index (Phi) is 2.84. The largest absolute Gasteiger partial charge is 0.264 e. The third kappa shape index (κ3) is 1.81. The van der Waals surface area contributed by atoms with Crippen molar-refractivity contribution >= 4 is 23.1 Å². The lowest BCUT2D eigenvalue weighted by molar-refractivity contribution is 1.21. The Morgan fingerprint density at radius 1 is 1.43 bits per heavy atom. The second kappa shape index (κ2) is 4.11. The zero-order valence-corrected chi connectivity index (χ0v) is 9.65. The van der Waals surface area contributed by atoms with Crippen LogP contribution in [0, 0.1) is 6.92 Å². The van der Waals surface area contributed by atoms with Gasteiger partial charge in [0.15, 0.2) is 0 Å². The first kappa shape index (κ1) is 9.68. The van der Waals surface area contributed by atoms with E-state index in [1.54, 1.807) is 29.3 Å². The van der Waals surface area contributed by atoms with E-state index in [1.165, 1.54) is 4.21 Å². The average Bonchev–Trinajstić information content (AvgIpc) is 2.61. The molecular weight excluding hydrogens is 212 g/mol. The van der Waals surface area contributed by atoms with E-state index in [9.17, 15) is 0 Å². The van der Waals surface area contributed by atoms with Crippen LogP contribution in [0.2, 0.25) is 0 Å². The molecule has 0 fully saturated rings. The molecule has 2 nitrogen and oxygen atoms in total. The number of aromatic nitrogens is 2. The van der Waals surface area contributed by atoms with Gasteiger partial charge < -0.3 is 0 Å². The maximum Gasteiger partial charge on any atom is 0.126 e. The normalized spacial score (nSPS) is 10.4. The van der Waals surface area contributed by atoms with Gasteiger partial charge in [0.25, 0.3) is 0 Å². The maximum absolute atomic E-state index is 4.51. The lowest BCUT2D eigenvalue weighted by Crippen LogP contribution is -1.77. The van der Waals surface area contributed by atoms with Gasteiger partial charge >= 0.3 is 0 Å². The number of hydrogen-bond donors (Lipinski definition) is 0. The van der Waals surface area contributed by atoms with Crippen LogP contribution in [-0.4, -0.2) is 16.2 Å². The number of thiazole rings is 1. The monoisotopic (exact) mass is 222 g/mol. The lowest BCUT2D eigenvalue weighted by Gasteiger charge is -1.91. The first-order valence-electron chi connectivity index (χ1n) is 4.23. The highest BCUT2D eigenvalue weighted by Crippen LogP contribution is 2.32. The van der Waals surface area contributed by atoms with Gasteiger partial charge in [-0.1, -0.05) is 0 Å². The Labute approximate surface area is 91.4 Å². The SMILES string of the molecule is CSc1sc(-c2cccnc2)nc1C. The predicted octanol–water partition coefficient (Wildman–Crippen LogP) is 3.24. The molecule has 0 unspecified atom stereocenters. The van der Waals surface area contributed by atoms with Gasteiger partial charge in [-0.2, -0.15) is 0 Å². The molecule has 2 aromatic rings. The van der Waals surface area contributed by atoms with E-state index < -0.39 is 0 Å². The van der Waals surface area contributed by atoms with Crippen molar-refractivity contribution in [1.29, 1.82) is 0 Å². The topological polar surface area (TPSA) is 25.8 Å². The molecule has 0 aliphatic carbocycles. The van der Waals surface area contributed by atoms with Crippen LogP contribution in [0.25, 0.3) is 10.6 Å². The van der Waals surface area contributed by atoms with Crippen molar-refractivity contribution in [2.75, 3.05) is 6.26 Å². The van der Waals surface area contributed by atoms with E-state index in [0.29, 0.717) is 0 Å². The van der Waals surface area contributed by atoms with E-state index in [-0.39, 0.29) is 0 Å². The summed E-state index contributed by atoms with van der Waals surface area (Å²) < 4.78 is 1.28. The Balaban J connectivity index is 2.43. The van der Waals surface area contributed by atoms with Crippen LogP contribution in [0.3, 0.4) is 0 Å². The fourth-order valence-corrected chi connectivity index (χ4v) is 2.89. The van der Waals surface area contributed by atoms with Crippen LogP contribution in [0.4, 0.5) is 0 Å². The summed E-state index contributed by atoms with van der Waals surface area (Å²) >= 11 is 3.47. The summed E-state index contributed by atoms with van der Waals surface area (Å²) in [6, 6.07) is 3.97. The van der Waals surface area contributed by atoms with Crippen molar-refractivity contribution in [3.05, 3.63) is 30.2 Å². The van der Waals surface area contributed by atoms with E-state index >= 15 is 0 Å². The van der Waals surface area contributed by atoms with E-state index in [4.69, 9.17) is 0 Å². The van der Waals surface area contributed by atoms with Crippen molar-refractivity contribution < 1.29 is 0 Å². The number of pyridine rings is 1. The number of aryl methyl sites for hydroxylation is 1. The van der Waals surface area contributed by atoms with Crippen molar-refractivity contribution in [3.8, 4) is 10.6 Å².